The Labute approximate surface area is 110 Å². The molecule has 3 nitrogen and oxygen atoms in total. The lowest BCUT2D eigenvalue weighted by molar-refractivity contribution is 0.184. The summed E-state index contributed by atoms with van der Waals surface area (Å²) in [6.07, 6.45) is 8.60. The Morgan fingerprint density at radius 3 is 2.89 bits per heavy atom. The molecule has 1 saturated heterocycles. The maximum atomic E-state index is 5.60. The number of hydrogen-bond acceptors (Lipinski definition) is 3. The second-order valence-corrected chi connectivity index (χ2v) is 5.24. The van der Waals surface area contributed by atoms with E-state index < -0.39 is 0 Å². The van der Waals surface area contributed by atoms with Crippen molar-refractivity contribution < 1.29 is 0 Å². The van der Waals surface area contributed by atoms with Gasteiger partial charge in [0.25, 0.3) is 0 Å². The summed E-state index contributed by atoms with van der Waals surface area (Å²) in [6, 6.07) is 4.96. The summed E-state index contributed by atoms with van der Waals surface area (Å²) in [7, 11) is 0. The second kappa shape index (κ2) is 6.86. The highest BCUT2D eigenvalue weighted by molar-refractivity contribution is 5.13. The molecule has 2 heterocycles. The van der Waals surface area contributed by atoms with Gasteiger partial charge in [0.15, 0.2) is 0 Å². The molecule has 0 spiro atoms. The topological polar surface area (TPSA) is 42.1 Å². The molecule has 1 aliphatic rings. The summed E-state index contributed by atoms with van der Waals surface area (Å²) in [5.74, 6) is 0. The molecule has 0 saturated carbocycles. The molecule has 1 atom stereocenters. The Balaban J connectivity index is 2.00. The van der Waals surface area contributed by atoms with Crippen LogP contribution < -0.4 is 5.73 Å². The average Bonchev–Trinajstić information content (AvgIpc) is 2.64. The molecule has 0 bridgehead atoms. The number of aromatic nitrogens is 1. The monoisotopic (exact) mass is 247 g/mol. The van der Waals surface area contributed by atoms with Gasteiger partial charge in [0.05, 0.1) is 5.69 Å². The molecule has 0 radical (unpaired) electrons. The molecular formula is C15H25N3. The molecule has 18 heavy (non-hydrogen) atoms. The third-order valence-corrected chi connectivity index (χ3v) is 3.96. The van der Waals surface area contributed by atoms with Crippen molar-refractivity contribution in [2.45, 2.75) is 58.2 Å². The van der Waals surface area contributed by atoms with Crippen molar-refractivity contribution in [3.63, 3.8) is 0 Å². The fourth-order valence-corrected chi connectivity index (χ4v) is 2.78. The summed E-state index contributed by atoms with van der Waals surface area (Å²) >= 11 is 0. The minimum atomic E-state index is 0.578. The third-order valence-electron chi connectivity index (χ3n) is 3.96. The van der Waals surface area contributed by atoms with Gasteiger partial charge < -0.3 is 5.73 Å². The van der Waals surface area contributed by atoms with Crippen LogP contribution in [0.15, 0.2) is 18.3 Å². The van der Waals surface area contributed by atoms with Crippen LogP contribution in [0, 0.1) is 0 Å². The molecule has 100 valence electrons. The molecule has 0 amide bonds. The highest BCUT2D eigenvalue weighted by Crippen LogP contribution is 2.20. The summed E-state index contributed by atoms with van der Waals surface area (Å²) in [5.41, 5.74) is 7.88. The number of rotatable bonds is 4. The largest absolute Gasteiger partial charge is 0.326 e. The summed E-state index contributed by atoms with van der Waals surface area (Å²) in [4.78, 5) is 7.13. The Kier molecular flexibility index (Phi) is 5.14. The number of nitrogens with two attached hydrogens (primary N) is 1. The Hall–Kier alpha value is -0.930. The van der Waals surface area contributed by atoms with Crippen molar-refractivity contribution in [3.8, 4) is 0 Å². The van der Waals surface area contributed by atoms with Crippen LogP contribution in [0.25, 0.3) is 0 Å². The van der Waals surface area contributed by atoms with Crippen LogP contribution in [0.4, 0.5) is 0 Å². The van der Waals surface area contributed by atoms with Crippen molar-refractivity contribution in [1.82, 2.24) is 9.88 Å². The van der Waals surface area contributed by atoms with Crippen molar-refractivity contribution >= 4 is 0 Å². The molecule has 2 rings (SSSR count). The molecule has 1 aliphatic heterocycles. The fraction of sp³-hybridized carbons (Fsp3) is 0.667. The van der Waals surface area contributed by atoms with Gasteiger partial charge in [0.1, 0.15) is 0 Å². The smallest absolute Gasteiger partial charge is 0.0544 e. The predicted octanol–water partition coefficient (Wildman–Crippen LogP) is 2.69. The first kappa shape index (κ1) is 13.5. The lowest BCUT2D eigenvalue weighted by atomic mass is 10.1. The summed E-state index contributed by atoms with van der Waals surface area (Å²) in [6.45, 7) is 5.09. The number of likely N-dealkylation sites (tertiary alicyclic amines) is 1. The van der Waals surface area contributed by atoms with E-state index in [1.807, 2.05) is 6.20 Å². The SMILES string of the molecule is CCC1CCCCCN1Cc1ccc(CN)cn1. The zero-order chi connectivity index (χ0) is 12.8. The number of pyridine rings is 1. The van der Waals surface area contributed by atoms with E-state index in [4.69, 9.17) is 5.73 Å². The van der Waals surface area contributed by atoms with E-state index in [2.05, 4.69) is 28.9 Å². The molecule has 3 heteroatoms. The van der Waals surface area contributed by atoms with Crippen molar-refractivity contribution in [2.75, 3.05) is 6.54 Å². The third kappa shape index (κ3) is 3.53. The molecule has 1 unspecified atom stereocenters. The maximum absolute atomic E-state index is 5.60. The quantitative estimate of drug-likeness (QED) is 0.889. The van der Waals surface area contributed by atoms with E-state index in [9.17, 15) is 0 Å². The van der Waals surface area contributed by atoms with Crippen molar-refractivity contribution in [1.29, 1.82) is 0 Å². The standard InChI is InChI=1S/C15H25N3/c1-2-15-6-4-3-5-9-18(15)12-14-8-7-13(10-16)11-17-14/h7-8,11,15H,2-6,9-10,12,16H2,1H3. The van der Waals surface area contributed by atoms with Gasteiger partial charge in [-0.25, -0.2) is 0 Å². The van der Waals surface area contributed by atoms with Crippen molar-refractivity contribution in [3.05, 3.63) is 29.6 Å². The first-order valence-corrected chi connectivity index (χ1v) is 7.21. The molecule has 2 N–H and O–H groups in total. The van der Waals surface area contributed by atoms with Gasteiger partial charge in [0, 0.05) is 25.3 Å². The molecule has 1 aromatic heterocycles. The summed E-state index contributed by atoms with van der Waals surface area (Å²) in [5, 5.41) is 0. The lowest BCUT2D eigenvalue weighted by Crippen LogP contribution is -2.34. The Morgan fingerprint density at radius 1 is 1.33 bits per heavy atom. The van der Waals surface area contributed by atoms with E-state index in [0.717, 1.165) is 18.2 Å². The highest BCUT2D eigenvalue weighted by atomic mass is 15.2. The average molecular weight is 247 g/mol. The molecule has 0 aromatic carbocycles. The molecule has 1 aromatic rings. The van der Waals surface area contributed by atoms with Crippen LogP contribution in [-0.4, -0.2) is 22.5 Å². The molecular weight excluding hydrogens is 222 g/mol. The van der Waals surface area contributed by atoms with Gasteiger partial charge in [-0.2, -0.15) is 0 Å². The van der Waals surface area contributed by atoms with E-state index in [1.54, 1.807) is 0 Å². The maximum Gasteiger partial charge on any atom is 0.0544 e. The number of nitrogens with zero attached hydrogens (tertiary/aromatic N) is 2. The first-order chi connectivity index (χ1) is 8.83. The number of hydrogen-bond donors (Lipinski definition) is 1. The second-order valence-electron chi connectivity index (χ2n) is 5.24. The zero-order valence-corrected chi connectivity index (χ0v) is 11.4. The van der Waals surface area contributed by atoms with E-state index in [-0.39, 0.29) is 0 Å². The first-order valence-electron chi connectivity index (χ1n) is 7.21. The van der Waals surface area contributed by atoms with Gasteiger partial charge in [-0.15, -0.1) is 0 Å². The van der Waals surface area contributed by atoms with Gasteiger partial charge in [0.2, 0.25) is 0 Å². The van der Waals surface area contributed by atoms with Gasteiger partial charge in [-0.3, -0.25) is 9.88 Å². The van der Waals surface area contributed by atoms with Crippen LogP contribution in [0.3, 0.4) is 0 Å². The van der Waals surface area contributed by atoms with Gasteiger partial charge in [-0.05, 0) is 37.4 Å². The minimum absolute atomic E-state index is 0.578. The van der Waals surface area contributed by atoms with E-state index in [1.165, 1.54) is 44.3 Å². The van der Waals surface area contributed by atoms with Crippen molar-refractivity contribution in [2.24, 2.45) is 5.73 Å². The molecule has 0 aliphatic carbocycles. The molecule has 1 fully saturated rings. The zero-order valence-electron chi connectivity index (χ0n) is 11.4. The van der Waals surface area contributed by atoms with Gasteiger partial charge >= 0.3 is 0 Å². The minimum Gasteiger partial charge on any atom is -0.326 e. The van der Waals surface area contributed by atoms with Crippen LogP contribution in [-0.2, 0) is 13.1 Å². The van der Waals surface area contributed by atoms with Gasteiger partial charge in [-0.1, -0.05) is 25.8 Å². The fourth-order valence-electron chi connectivity index (χ4n) is 2.78. The van der Waals surface area contributed by atoms with Crippen LogP contribution in [0.2, 0.25) is 0 Å². The Morgan fingerprint density at radius 2 is 2.22 bits per heavy atom. The van der Waals surface area contributed by atoms with E-state index in [0.29, 0.717) is 6.54 Å². The van der Waals surface area contributed by atoms with Crippen LogP contribution in [0.1, 0.15) is 50.3 Å². The van der Waals surface area contributed by atoms with E-state index >= 15 is 0 Å². The lowest BCUT2D eigenvalue weighted by Gasteiger charge is -2.28. The normalized spacial score (nSPS) is 21.8. The highest BCUT2D eigenvalue weighted by Gasteiger charge is 2.19. The van der Waals surface area contributed by atoms with Crippen LogP contribution in [0.5, 0.6) is 0 Å². The summed E-state index contributed by atoms with van der Waals surface area (Å²) < 4.78 is 0. The Bertz CT molecular complexity index is 347. The van der Waals surface area contributed by atoms with Crippen LogP contribution >= 0.6 is 0 Å². The predicted molar refractivity (Wildman–Crippen MR) is 75.1 cm³/mol.